The van der Waals surface area contributed by atoms with Crippen molar-refractivity contribution in [1.29, 1.82) is 0 Å². The molecule has 0 aromatic heterocycles. The van der Waals surface area contributed by atoms with E-state index in [0.29, 0.717) is 32.2 Å². The number of Topliss-reactive ketones (excluding diaryl/α,β-unsaturated/α-hetero) is 1. The van der Waals surface area contributed by atoms with Crippen molar-refractivity contribution >= 4 is 13.4 Å². The molecule has 0 aliphatic carbocycles. The molecule has 0 fully saturated rings. The molecule has 0 aliphatic heterocycles. The Morgan fingerprint density at radius 3 is 2.07 bits per heavy atom. The van der Waals surface area contributed by atoms with Gasteiger partial charge in [0.2, 0.25) is 0 Å². The number of hydrogen-bond acceptors (Lipinski definition) is 4. The van der Waals surface area contributed by atoms with Crippen LogP contribution in [0.15, 0.2) is 0 Å². The van der Waals surface area contributed by atoms with Crippen LogP contribution in [0.25, 0.3) is 0 Å². The Morgan fingerprint density at radius 2 is 1.71 bits per heavy atom. The Hall–Kier alpha value is -0.180. The minimum atomic E-state index is -2.93. The Bertz CT molecular complexity index is 205. The van der Waals surface area contributed by atoms with Crippen LogP contribution >= 0.6 is 7.60 Å². The maximum absolute atomic E-state index is 11.8. The maximum Gasteiger partial charge on any atom is 0.330 e. The lowest BCUT2D eigenvalue weighted by Crippen LogP contribution is -2.01. The van der Waals surface area contributed by atoms with E-state index >= 15 is 0 Å². The lowest BCUT2D eigenvalue weighted by molar-refractivity contribution is -0.117. The molecule has 84 valence electrons. The Labute approximate surface area is 85.5 Å². The van der Waals surface area contributed by atoms with Gasteiger partial charge in [-0.1, -0.05) is 0 Å². The third-order valence-corrected chi connectivity index (χ3v) is 3.78. The fourth-order valence-corrected chi connectivity index (χ4v) is 2.75. The van der Waals surface area contributed by atoms with Crippen molar-refractivity contribution in [2.45, 2.75) is 33.6 Å². The van der Waals surface area contributed by atoms with Gasteiger partial charge in [-0.15, -0.1) is 0 Å². The highest BCUT2D eigenvalue weighted by Crippen LogP contribution is 2.48. The van der Waals surface area contributed by atoms with Gasteiger partial charge in [-0.25, -0.2) is 0 Å². The van der Waals surface area contributed by atoms with Gasteiger partial charge in [0.15, 0.2) is 0 Å². The summed E-state index contributed by atoms with van der Waals surface area (Å²) in [4.78, 5) is 10.7. The number of rotatable bonds is 8. The van der Waals surface area contributed by atoms with Crippen LogP contribution in [0.5, 0.6) is 0 Å². The lowest BCUT2D eigenvalue weighted by Gasteiger charge is -2.16. The predicted octanol–water partition coefficient (Wildman–Crippen LogP) is 2.62. The summed E-state index contributed by atoms with van der Waals surface area (Å²) < 4.78 is 22.0. The van der Waals surface area contributed by atoms with Crippen molar-refractivity contribution in [2.24, 2.45) is 0 Å². The molecule has 0 heterocycles. The number of carbonyl (C=O) groups excluding carboxylic acids is 1. The Balaban J connectivity index is 3.96. The molecule has 0 spiro atoms. The smallest absolute Gasteiger partial charge is 0.309 e. The zero-order valence-corrected chi connectivity index (χ0v) is 10.0. The highest BCUT2D eigenvalue weighted by molar-refractivity contribution is 7.53. The first kappa shape index (κ1) is 13.8. The second-order valence-corrected chi connectivity index (χ2v) is 5.16. The molecular formula is C9H19O4P. The Kier molecular flexibility index (Phi) is 7.06. The minimum absolute atomic E-state index is 0.101. The summed E-state index contributed by atoms with van der Waals surface area (Å²) in [6.45, 7) is 5.81. The summed E-state index contributed by atoms with van der Waals surface area (Å²) in [7, 11) is -2.93. The monoisotopic (exact) mass is 222 g/mol. The zero-order chi connectivity index (χ0) is 11.0. The van der Waals surface area contributed by atoms with Crippen LogP contribution in [-0.4, -0.2) is 25.2 Å². The van der Waals surface area contributed by atoms with Crippen LogP contribution < -0.4 is 0 Å². The van der Waals surface area contributed by atoms with Crippen molar-refractivity contribution in [1.82, 2.24) is 0 Å². The van der Waals surface area contributed by atoms with Gasteiger partial charge in [0.05, 0.1) is 19.4 Å². The van der Waals surface area contributed by atoms with Crippen molar-refractivity contribution in [2.75, 3.05) is 19.4 Å². The van der Waals surface area contributed by atoms with Crippen LogP contribution in [0.1, 0.15) is 33.6 Å². The van der Waals surface area contributed by atoms with Crippen LogP contribution in [0.4, 0.5) is 0 Å². The van der Waals surface area contributed by atoms with E-state index in [-0.39, 0.29) is 5.78 Å². The molecule has 5 heteroatoms. The third kappa shape index (κ3) is 6.30. The van der Waals surface area contributed by atoms with Crippen LogP contribution in [0.2, 0.25) is 0 Å². The van der Waals surface area contributed by atoms with Gasteiger partial charge in [0.25, 0.3) is 0 Å². The molecule has 0 atom stereocenters. The largest absolute Gasteiger partial charge is 0.330 e. The molecule has 0 amide bonds. The van der Waals surface area contributed by atoms with Gasteiger partial charge < -0.3 is 13.8 Å². The molecule has 0 aliphatic rings. The molecule has 4 nitrogen and oxygen atoms in total. The third-order valence-electron chi connectivity index (χ3n) is 1.61. The first-order chi connectivity index (χ1) is 6.54. The van der Waals surface area contributed by atoms with E-state index in [0.717, 1.165) is 0 Å². The predicted molar refractivity (Wildman–Crippen MR) is 55.6 cm³/mol. The molecule has 0 saturated heterocycles. The summed E-state index contributed by atoms with van der Waals surface area (Å²) in [5, 5.41) is 0. The minimum Gasteiger partial charge on any atom is -0.309 e. The fourth-order valence-electron chi connectivity index (χ4n) is 1.08. The van der Waals surface area contributed by atoms with Gasteiger partial charge in [0, 0.05) is 6.42 Å². The van der Waals surface area contributed by atoms with Gasteiger partial charge in [0.1, 0.15) is 5.78 Å². The van der Waals surface area contributed by atoms with Crippen LogP contribution in [-0.2, 0) is 18.4 Å². The van der Waals surface area contributed by atoms with E-state index in [1.54, 1.807) is 13.8 Å². The molecule has 0 bridgehead atoms. The summed E-state index contributed by atoms with van der Waals surface area (Å²) in [6.07, 6.45) is 1.32. The molecule has 0 radical (unpaired) electrons. The molecule has 0 unspecified atom stereocenters. The average Bonchev–Trinajstić information content (AvgIpc) is 2.03. The quantitative estimate of drug-likeness (QED) is 0.592. The van der Waals surface area contributed by atoms with E-state index < -0.39 is 7.60 Å². The molecule has 0 N–H and O–H groups in total. The highest BCUT2D eigenvalue weighted by atomic mass is 31.2. The van der Waals surface area contributed by atoms with Gasteiger partial charge in [-0.05, 0) is 27.2 Å². The first-order valence-corrected chi connectivity index (χ1v) is 6.64. The molecule has 14 heavy (non-hydrogen) atoms. The van der Waals surface area contributed by atoms with E-state index in [1.165, 1.54) is 6.92 Å². The van der Waals surface area contributed by atoms with E-state index in [4.69, 9.17) is 9.05 Å². The fraction of sp³-hybridized carbons (Fsp3) is 0.889. The lowest BCUT2D eigenvalue weighted by atomic mass is 10.3. The molecule has 0 aromatic rings. The Morgan fingerprint density at radius 1 is 1.21 bits per heavy atom. The number of ketones is 1. The molecular weight excluding hydrogens is 203 g/mol. The molecule has 0 rings (SSSR count). The van der Waals surface area contributed by atoms with Crippen LogP contribution in [0, 0.1) is 0 Å². The SMILES string of the molecule is CCOP(=O)(CCCC(C)=O)OCC. The van der Waals surface area contributed by atoms with Crippen molar-refractivity contribution < 1.29 is 18.4 Å². The summed E-state index contributed by atoms with van der Waals surface area (Å²) in [5.74, 6) is 0.101. The molecule has 0 aromatic carbocycles. The first-order valence-electron chi connectivity index (χ1n) is 4.91. The summed E-state index contributed by atoms with van der Waals surface area (Å²) in [5.41, 5.74) is 0. The van der Waals surface area contributed by atoms with Crippen molar-refractivity contribution in [3.8, 4) is 0 Å². The zero-order valence-electron chi connectivity index (χ0n) is 9.12. The standard InChI is InChI=1S/C9H19O4P/c1-4-12-14(11,13-5-2)8-6-7-9(3)10/h4-8H2,1-3H3. The average molecular weight is 222 g/mol. The van der Waals surface area contributed by atoms with E-state index in [9.17, 15) is 9.36 Å². The van der Waals surface area contributed by atoms with E-state index in [1.807, 2.05) is 0 Å². The highest BCUT2D eigenvalue weighted by Gasteiger charge is 2.22. The summed E-state index contributed by atoms with van der Waals surface area (Å²) in [6, 6.07) is 0. The summed E-state index contributed by atoms with van der Waals surface area (Å²) >= 11 is 0. The van der Waals surface area contributed by atoms with Gasteiger partial charge >= 0.3 is 7.60 Å². The normalized spacial score (nSPS) is 11.6. The van der Waals surface area contributed by atoms with E-state index in [2.05, 4.69) is 0 Å². The van der Waals surface area contributed by atoms with Crippen LogP contribution in [0.3, 0.4) is 0 Å². The van der Waals surface area contributed by atoms with Crippen molar-refractivity contribution in [3.05, 3.63) is 0 Å². The number of hydrogen-bond donors (Lipinski definition) is 0. The molecule has 0 saturated carbocycles. The maximum atomic E-state index is 11.8. The van der Waals surface area contributed by atoms with Gasteiger partial charge in [-0.3, -0.25) is 4.57 Å². The topological polar surface area (TPSA) is 52.6 Å². The van der Waals surface area contributed by atoms with Gasteiger partial charge in [-0.2, -0.15) is 0 Å². The van der Waals surface area contributed by atoms with Crippen molar-refractivity contribution in [3.63, 3.8) is 0 Å². The second-order valence-electron chi connectivity index (χ2n) is 2.98. The number of carbonyl (C=O) groups is 1. The second kappa shape index (κ2) is 7.16.